The molecule has 0 radical (unpaired) electrons. The van der Waals surface area contributed by atoms with Crippen molar-refractivity contribution >= 4 is 0 Å². The van der Waals surface area contributed by atoms with E-state index in [4.69, 9.17) is 14.2 Å². The smallest absolute Gasteiger partial charge is 0.184 e. The van der Waals surface area contributed by atoms with Gasteiger partial charge in [0.25, 0.3) is 0 Å². The highest BCUT2D eigenvalue weighted by Gasteiger charge is 2.53. The highest BCUT2D eigenvalue weighted by atomic mass is 16.8. The molecule has 0 bridgehead atoms. The summed E-state index contributed by atoms with van der Waals surface area (Å²) < 4.78 is 16.1. The lowest BCUT2D eigenvalue weighted by Crippen LogP contribution is -2.29. The Bertz CT molecular complexity index is 173. The molecule has 2 heterocycles. The molecule has 0 spiro atoms. The van der Waals surface area contributed by atoms with Gasteiger partial charge in [0.15, 0.2) is 12.1 Å². The van der Waals surface area contributed by atoms with Gasteiger partial charge in [0, 0.05) is 0 Å². The molecule has 2 aliphatic rings. The van der Waals surface area contributed by atoms with Crippen LogP contribution in [-0.2, 0) is 14.2 Å². The molecule has 4 heteroatoms. The Morgan fingerprint density at radius 1 is 1.17 bits per heavy atom. The van der Waals surface area contributed by atoms with Gasteiger partial charge in [-0.1, -0.05) is 0 Å². The number of fused-ring (bicyclic) bond motifs is 1. The lowest BCUT2D eigenvalue weighted by molar-refractivity contribution is -0.217. The average molecular weight is 174 g/mol. The van der Waals surface area contributed by atoms with E-state index in [1.54, 1.807) is 0 Å². The third kappa shape index (κ3) is 1.15. The molecule has 2 rings (SSSR count). The fourth-order valence-electron chi connectivity index (χ4n) is 1.78. The SMILES string of the molecule is C[C@@H]1OC(O)[C@@H]2OC(C)(C)O[C@@H]12. The summed E-state index contributed by atoms with van der Waals surface area (Å²) in [4.78, 5) is 0. The second kappa shape index (κ2) is 2.42. The Labute approximate surface area is 71.4 Å². The van der Waals surface area contributed by atoms with Gasteiger partial charge in [-0.15, -0.1) is 0 Å². The zero-order valence-corrected chi connectivity index (χ0v) is 7.48. The molecule has 4 nitrogen and oxygen atoms in total. The van der Waals surface area contributed by atoms with Crippen LogP contribution in [-0.4, -0.2) is 35.5 Å². The maximum atomic E-state index is 9.37. The van der Waals surface area contributed by atoms with E-state index in [2.05, 4.69) is 0 Å². The number of hydrogen-bond donors (Lipinski definition) is 1. The van der Waals surface area contributed by atoms with Gasteiger partial charge in [-0.2, -0.15) is 0 Å². The zero-order chi connectivity index (χ0) is 8.93. The Balaban J connectivity index is 2.15. The van der Waals surface area contributed by atoms with E-state index in [0.717, 1.165) is 0 Å². The van der Waals surface area contributed by atoms with Gasteiger partial charge in [0.1, 0.15) is 12.2 Å². The summed E-state index contributed by atoms with van der Waals surface area (Å²) in [6.07, 6.45) is -1.39. The van der Waals surface area contributed by atoms with E-state index in [1.165, 1.54) is 0 Å². The summed E-state index contributed by atoms with van der Waals surface area (Å²) >= 11 is 0. The summed E-state index contributed by atoms with van der Waals surface area (Å²) in [5.41, 5.74) is 0. The fraction of sp³-hybridized carbons (Fsp3) is 1.00. The standard InChI is InChI=1S/C8H14O4/c1-4-5-6(7(9)10-4)12-8(2,3)11-5/h4-7,9H,1-3H3/t4-,5-,6+,7?/m0/s1. The van der Waals surface area contributed by atoms with Crippen LogP contribution in [0.2, 0.25) is 0 Å². The van der Waals surface area contributed by atoms with Crippen LogP contribution in [0.1, 0.15) is 20.8 Å². The van der Waals surface area contributed by atoms with Crippen LogP contribution in [0.5, 0.6) is 0 Å². The summed E-state index contributed by atoms with van der Waals surface area (Å²) in [6.45, 7) is 5.55. The van der Waals surface area contributed by atoms with Crippen molar-refractivity contribution in [3.8, 4) is 0 Å². The molecule has 0 saturated carbocycles. The van der Waals surface area contributed by atoms with Crippen molar-refractivity contribution in [2.75, 3.05) is 0 Å². The van der Waals surface area contributed by atoms with Crippen LogP contribution in [0, 0.1) is 0 Å². The van der Waals surface area contributed by atoms with Crippen molar-refractivity contribution < 1.29 is 19.3 Å². The van der Waals surface area contributed by atoms with Crippen molar-refractivity contribution in [3.05, 3.63) is 0 Å². The van der Waals surface area contributed by atoms with Crippen molar-refractivity contribution in [1.82, 2.24) is 0 Å². The van der Waals surface area contributed by atoms with Crippen LogP contribution in [0.4, 0.5) is 0 Å². The lowest BCUT2D eigenvalue weighted by Gasteiger charge is -2.20. The predicted octanol–water partition coefficient (Wildman–Crippen LogP) is 0.244. The molecule has 2 saturated heterocycles. The van der Waals surface area contributed by atoms with Gasteiger partial charge in [0.2, 0.25) is 0 Å². The normalized spacial score (nSPS) is 51.0. The molecule has 2 aliphatic heterocycles. The number of rotatable bonds is 0. The summed E-state index contributed by atoms with van der Waals surface area (Å²) in [5.74, 6) is -0.589. The van der Waals surface area contributed by atoms with Gasteiger partial charge in [-0.05, 0) is 20.8 Å². The molecule has 0 aliphatic carbocycles. The fourth-order valence-corrected chi connectivity index (χ4v) is 1.78. The molecule has 2 fully saturated rings. The van der Waals surface area contributed by atoms with Crippen LogP contribution in [0.25, 0.3) is 0 Å². The predicted molar refractivity (Wildman–Crippen MR) is 40.4 cm³/mol. The minimum absolute atomic E-state index is 0.0909. The summed E-state index contributed by atoms with van der Waals surface area (Å²) in [5, 5.41) is 9.37. The second-order valence-corrected chi connectivity index (χ2v) is 3.80. The van der Waals surface area contributed by atoms with E-state index in [0.29, 0.717) is 0 Å². The molecule has 1 N–H and O–H groups in total. The quantitative estimate of drug-likeness (QED) is 0.571. The number of ether oxygens (including phenoxy) is 3. The van der Waals surface area contributed by atoms with Crippen molar-refractivity contribution in [1.29, 1.82) is 0 Å². The van der Waals surface area contributed by atoms with Gasteiger partial charge in [-0.25, -0.2) is 0 Å². The first-order valence-electron chi connectivity index (χ1n) is 4.19. The first-order chi connectivity index (χ1) is 5.49. The van der Waals surface area contributed by atoms with E-state index >= 15 is 0 Å². The third-order valence-corrected chi connectivity index (χ3v) is 2.26. The highest BCUT2D eigenvalue weighted by molar-refractivity contribution is 4.92. The topological polar surface area (TPSA) is 47.9 Å². The Kier molecular flexibility index (Phi) is 1.70. The molecule has 70 valence electrons. The van der Waals surface area contributed by atoms with Crippen LogP contribution < -0.4 is 0 Å². The van der Waals surface area contributed by atoms with Gasteiger partial charge >= 0.3 is 0 Å². The minimum atomic E-state index is -0.841. The van der Waals surface area contributed by atoms with E-state index in [1.807, 2.05) is 20.8 Å². The molecule has 1 unspecified atom stereocenters. The van der Waals surface area contributed by atoms with Gasteiger partial charge < -0.3 is 19.3 Å². The number of aliphatic hydroxyl groups is 1. The van der Waals surface area contributed by atoms with Gasteiger partial charge in [-0.3, -0.25) is 0 Å². The van der Waals surface area contributed by atoms with Crippen LogP contribution in [0.15, 0.2) is 0 Å². The maximum absolute atomic E-state index is 9.37. The van der Waals surface area contributed by atoms with E-state index < -0.39 is 12.1 Å². The second-order valence-electron chi connectivity index (χ2n) is 3.80. The van der Waals surface area contributed by atoms with Crippen molar-refractivity contribution in [2.24, 2.45) is 0 Å². The minimum Gasteiger partial charge on any atom is -0.366 e. The molecular weight excluding hydrogens is 160 g/mol. The van der Waals surface area contributed by atoms with Crippen molar-refractivity contribution in [3.63, 3.8) is 0 Å². The molecule has 0 amide bonds. The highest BCUT2D eigenvalue weighted by Crippen LogP contribution is 2.37. The first-order valence-corrected chi connectivity index (χ1v) is 4.19. The number of hydrogen-bond acceptors (Lipinski definition) is 4. The summed E-state index contributed by atoms with van der Waals surface area (Å²) in [7, 11) is 0. The Morgan fingerprint density at radius 2 is 1.75 bits per heavy atom. The third-order valence-electron chi connectivity index (χ3n) is 2.26. The summed E-state index contributed by atoms with van der Waals surface area (Å²) in [6, 6.07) is 0. The Morgan fingerprint density at radius 3 is 2.33 bits per heavy atom. The average Bonchev–Trinajstić information content (AvgIpc) is 2.34. The van der Waals surface area contributed by atoms with Crippen LogP contribution >= 0.6 is 0 Å². The molecule has 0 aromatic heterocycles. The largest absolute Gasteiger partial charge is 0.366 e. The maximum Gasteiger partial charge on any atom is 0.184 e. The number of aliphatic hydroxyl groups excluding tert-OH is 1. The van der Waals surface area contributed by atoms with Gasteiger partial charge in [0.05, 0.1) is 6.10 Å². The first kappa shape index (κ1) is 8.44. The monoisotopic (exact) mass is 174 g/mol. The molecule has 4 atom stereocenters. The lowest BCUT2D eigenvalue weighted by atomic mass is 10.2. The zero-order valence-electron chi connectivity index (χ0n) is 7.48. The van der Waals surface area contributed by atoms with E-state index in [9.17, 15) is 5.11 Å². The molecule has 0 aromatic rings. The molecule has 12 heavy (non-hydrogen) atoms. The molecule has 0 aromatic carbocycles. The molecular formula is C8H14O4. The van der Waals surface area contributed by atoms with Crippen molar-refractivity contribution in [2.45, 2.75) is 51.2 Å². The Hall–Kier alpha value is -0.160. The van der Waals surface area contributed by atoms with Crippen LogP contribution in [0.3, 0.4) is 0 Å². The van der Waals surface area contributed by atoms with E-state index in [-0.39, 0.29) is 18.3 Å².